The van der Waals surface area contributed by atoms with Crippen LogP contribution in [0, 0.1) is 0 Å². The molecule has 0 N–H and O–H groups in total. The van der Waals surface area contributed by atoms with E-state index in [0.717, 1.165) is 0 Å². The molecule has 3 rings (SSSR count). The number of carbonyl (C=O) groups excluding carboxylic acids is 1. The fraction of sp³-hybridized carbons (Fsp3) is 0.200. The van der Waals surface area contributed by atoms with Gasteiger partial charge in [-0.25, -0.2) is 9.79 Å². The highest BCUT2D eigenvalue weighted by molar-refractivity contribution is 6.13. The number of cyclic esters (lactones) is 1. The van der Waals surface area contributed by atoms with Crippen molar-refractivity contribution in [1.82, 2.24) is 0 Å². The van der Waals surface area contributed by atoms with Crippen LogP contribution in [-0.4, -0.2) is 32.2 Å². The number of benzene rings is 2. The highest BCUT2D eigenvalue weighted by Crippen LogP contribution is 2.31. The number of halogens is 2. The molecule has 0 radical (unpaired) electrons. The van der Waals surface area contributed by atoms with Gasteiger partial charge in [0.2, 0.25) is 5.90 Å². The van der Waals surface area contributed by atoms with Crippen molar-refractivity contribution in [3.63, 3.8) is 0 Å². The van der Waals surface area contributed by atoms with E-state index in [2.05, 4.69) is 9.73 Å². The minimum atomic E-state index is -2.97. The van der Waals surface area contributed by atoms with Crippen molar-refractivity contribution in [2.75, 3.05) is 13.7 Å². The number of esters is 1. The van der Waals surface area contributed by atoms with Crippen LogP contribution in [0.25, 0.3) is 6.08 Å². The molecule has 0 atom stereocenters. The first-order valence-corrected chi connectivity index (χ1v) is 8.39. The van der Waals surface area contributed by atoms with E-state index < -0.39 is 12.6 Å². The van der Waals surface area contributed by atoms with Crippen LogP contribution in [0.15, 0.2) is 53.2 Å². The van der Waals surface area contributed by atoms with Gasteiger partial charge < -0.3 is 18.9 Å². The zero-order chi connectivity index (χ0) is 20.1. The van der Waals surface area contributed by atoms with Crippen molar-refractivity contribution >= 4 is 17.9 Å². The van der Waals surface area contributed by atoms with Gasteiger partial charge in [0.05, 0.1) is 19.3 Å². The molecule has 0 saturated heterocycles. The summed E-state index contributed by atoms with van der Waals surface area (Å²) in [5.41, 5.74) is 1.12. The summed E-state index contributed by atoms with van der Waals surface area (Å²) >= 11 is 0. The zero-order valence-electron chi connectivity index (χ0n) is 15.1. The van der Waals surface area contributed by atoms with Gasteiger partial charge in [-0.1, -0.05) is 18.2 Å². The standard InChI is InChI=1S/C20H17F2NO5/c1-3-26-17-11-12(8-9-16(17)27-20(21)22)10-14-19(24)28-18(23-14)13-6-4-5-7-15(13)25-2/h4-11,20H,3H2,1-2H3. The van der Waals surface area contributed by atoms with Crippen LogP contribution < -0.4 is 14.2 Å². The minimum Gasteiger partial charge on any atom is -0.496 e. The number of carbonyl (C=O) groups is 1. The predicted molar refractivity (Wildman–Crippen MR) is 97.8 cm³/mol. The molecule has 2 aromatic carbocycles. The topological polar surface area (TPSA) is 66.3 Å². The van der Waals surface area contributed by atoms with E-state index >= 15 is 0 Å². The Balaban J connectivity index is 1.93. The van der Waals surface area contributed by atoms with E-state index in [1.807, 2.05) is 0 Å². The highest BCUT2D eigenvalue weighted by Gasteiger charge is 2.26. The van der Waals surface area contributed by atoms with E-state index in [0.29, 0.717) is 16.9 Å². The molecule has 0 unspecified atom stereocenters. The van der Waals surface area contributed by atoms with Gasteiger partial charge in [-0.15, -0.1) is 0 Å². The third kappa shape index (κ3) is 4.28. The number of hydrogen-bond acceptors (Lipinski definition) is 6. The number of hydrogen-bond donors (Lipinski definition) is 0. The van der Waals surface area contributed by atoms with E-state index in [9.17, 15) is 13.6 Å². The van der Waals surface area contributed by atoms with Crippen molar-refractivity contribution in [1.29, 1.82) is 0 Å². The maximum Gasteiger partial charge on any atom is 0.387 e. The maximum atomic E-state index is 12.5. The van der Waals surface area contributed by atoms with Crippen molar-refractivity contribution in [3.05, 3.63) is 59.3 Å². The van der Waals surface area contributed by atoms with Crippen molar-refractivity contribution in [3.8, 4) is 17.2 Å². The Morgan fingerprint density at radius 3 is 2.64 bits per heavy atom. The number of para-hydroxylation sites is 1. The van der Waals surface area contributed by atoms with Crippen LogP contribution in [0.5, 0.6) is 17.2 Å². The zero-order valence-corrected chi connectivity index (χ0v) is 15.1. The maximum absolute atomic E-state index is 12.5. The molecule has 0 bridgehead atoms. The number of methoxy groups -OCH3 is 1. The molecule has 0 spiro atoms. The molecular formula is C20H17F2NO5. The molecule has 0 aliphatic carbocycles. The molecule has 1 heterocycles. The number of nitrogens with zero attached hydrogens (tertiary/aromatic N) is 1. The molecule has 0 saturated carbocycles. The Labute approximate surface area is 160 Å². The average molecular weight is 389 g/mol. The second-order valence-electron chi connectivity index (χ2n) is 5.55. The van der Waals surface area contributed by atoms with E-state index in [1.165, 1.54) is 31.4 Å². The summed E-state index contributed by atoms with van der Waals surface area (Å²) in [6.45, 7) is -0.992. The first kappa shape index (κ1) is 19.3. The summed E-state index contributed by atoms with van der Waals surface area (Å²) in [5.74, 6) is 0.0502. The Bertz CT molecular complexity index is 940. The largest absolute Gasteiger partial charge is 0.496 e. The molecule has 0 amide bonds. The summed E-state index contributed by atoms with van der Waals surface area (Å²) < 4.78 is 45.3. The molecule has 146 valence electrons. The third-order valence-electron chi connectivity index (χ3n) is 3.74. The quantitative estimate of drug-likeness (QED) is 0.528. The van der Waals surface area contributed by atoms with Crippen LogP contribution in [0.1, 0.15) is 18.1 Å². The lowest BCUT2D eigenvalue weighted by atomic mass is 10.1. The molecule has 6 nitrogen and oxygen atoms in total. The Hall–Kier alpha value is -3.42. The van der Waals surface area contributed by atoms with Crippen LogP contribution in [0.3, 0.4) is 0 Å². The van der Waals surface area contributed by atoms with Crippen molar-refractivity contribution in [2.24, 2.45) is 4.99 Å². The van der Waals surface area contributed by atoms with Gasteiger partial charge in [0, 0.05) is 0 Å². The van der Waals surface area contributed by atoms with E-state index in [-0.39, 0.29) is 29.7 Å². The van der Waals surface area contributed by atoms with Crippen LogP contribution >= 0.6 is 0 Å². The van der Waals surface area contributed by atoms with Gasteiger partial charge in [-0.3, -0.25) is 0 Å². The van der Waals surface area contributed by atoms with Crippen molar-refractivity contribution in [2.45, 2.75) is 13.5 Å². The monoisotopic (exact) mass is 389 g/mol. The molecule has 28 heavy (non-hydrogen) atoms. The highest BCUT2D eigenvalue weighted by atomic mass is 19.3. The molecule has 8 heteroatoms. The average Bonchev–Trinajstić information content (AvgIpc) is 3.04. The summed E-state index contributed by atoms with van der Waals surface area (Å²) in [6.07, 6.45) is 1.47. The normalized spacial score (nSPS) is 14.8. The second kappa shape index (κ2) is 8.51. The van der Waals surface area contributed by atoms with Gasteiger partial charge >= 0.3 is 12.6 Å². The SMILES string of the molecule is CCOc1cc(C=C2N=C(c3ccccc3OC)OC2=O)ccc1OC(F)F. The van der Waals surface area contributed by atoms with Gasteiger partial charge in [-0.05, 0) is 42.8 Å². The number of aliphatic imine (C=N–C) groups is 1. The first-order chi connectivity index (χ1) is 13.5. The number of ether oxygens (including phenoxy) is 4. The smallest absolute Gasteiger partial charge is 0.387 e. The van der Waals surface area contributed by atoms with Crippen molar-refractivity contribution < 1.29 is 32.5 Å². The Kier molecular flexibility index (Phi) is 5.88. The molecule has 2 aromatic rings. The third-order valence-corrected chi connectivity index (χ3v) is 3.74. The van der Waals surface area contributed by atoms with Crippen LogP contribution in [0.4, 0.5) is 8.78 Å². The van der Waals surface area contributed by atoms with Crippen LogP contribution in [0.2, 0.25) is 0 Å². The molecule has 0 aromatic heterocycles. The van der Waals surface area contributed by atoms with Gasteiger partial charge in [0.15, 0.2) is 17.2 Å². The lowest BCUT2D eigenvalue weighted by Crippen LogP contribution is -2.07. The van der Waals surface area contributed by atoms with Gasteiger partial charge in [0.1, 0.15) is 5.75 Å². The Morgan fingerprint density at radius 2 is 1.93 bits per heavy atom. The summed E-state index contributed by atoms with van der Waals surface area (Å²) in [4.78, 5) is 16.4. The molecular weight excluding hydrogens is 372 g/mol. The molecule has 1 aliphatic rings. The van der Waals surface area contributed by atoms with Crippen LogP contribution in [-0.2, 0) is 9.53 Å². The number of alkyl halides is 2. The van der Waals surface area contributed by atoms with Gasteiger partial charge in [-0.2, -0.15) is 8.78 Å². The van der Waals surface area contributed by atoms with Gasteiger partial charge in [0.25, 0.3) is 0 Å². The summed E-state index contributed by atoms with van der Waals surface area (Å²) in [7, 11) is 1.51. The fourth-order valence-electron chi connectivity index (χ4n) is 2.58. The minimum absolute atomic E-state index is 0.0610. The van der Waals surface area contributed by atoms with E-state index in [1.54, 1.807) is 31.2 Å². The molecule has 1 aliphatic heterocycles. The lowest BCUT2D eigenvalue weighted by Gasteiger charge is -2.11. The Morgan fingerprint density at radius 1 is 1.14 bits per heavy atom. The predicted octanol–water partition coefficient (Wildman–Crippen LogP) is 4.04. The number of rotatable bonds is 7. The lowest BCUT2D eigenvalue weighted by molar-refractivity contribution is -0.129. The first-order valence-electron chi connectivity index (χ1n) is 8.39. The molecule has 0 fully saturated rings. The summed E-state index contributed by atoms with van der Waals surface area (Å²) in [6, 6.07) is 11.3. The second-order valence-corrected chi connectivity index (χ2v) is 5.55. The summed E-state index contributed by atoms with van der Waals surface area (Å²) in [5, 5.41) is 0. The van der Waals surface area contributed by atoms with E-state index in [4.69, 9.17) is 14.2 Å². The fourth-order valence-corrected chi connectivity index (χ4v) is 2.58.